The lowest BCUT2D eigenvalue weighted by Crippen LogP contribution is -2.43. The Hall–Kier alpha value is -1.92. The maximum absolute atomic E-state index is 13.2. The first-order valence-corrected chi connectivity index (χ1v) is 7.30. The second-order valence-electron chi connectivity index (χ2n) is 4.72. The Bertz CT molecular complexity index is 648. The van der Waals surface area contributed by atoms with Crippen LogP contribution in [0.5, 0.6) is 0 Å². The first-order valence-electron chi connectivity index (χ1n) is 6.42. The molecule has 2 rings (SSSR count). The van der Waals surface area contributed by atoms with Gasteiger partial charge in [0.25, 0.3) is 0 Å². The van der Waals surface area contributed by atoms with Crippen molar-refractivity contribution in [2.75, 3.05) is 0 Å². The zero-order valence-electron chi connectivity index (χ0n) is 11.4. The molecule has 0 saturated heterocycles. The van der Waals surface area contributed by atoms with Gasteiger partial charge >= 0.3 is 6.18 Å². The predicted octanol–water partition coefficient (Wildman–Crippen LogP) is 4.17. The summed E-state index contributed by atoms with van der Waals surface area (Å²) in [5.74, 6) is -0.794. The van der Waals surface area contributed by atoms with Crippen LogP contribution in [0.1, 0.15) is 16.9 Å². The molecule has 0 aliphatic heterocycles. The molecule has 1 atom stereocenters. The van der Waals surface area contributed by atoms with Crippen molar-refractivity contribution in [1.82, 2.24) is 0 Å². The van der Waals surface area contributed by atoms with Crippen molar-refractivity contribution in [2.24, 2.45) is 0 Å². The molecule has 1 aromatic heterocycles. The number of benzene rings is 1. The van der Waals surface area contributed by atoms with Crippen LogP contribution in [0.4, 0.5) is 13.2 Å². The molecule has 0 unspecified atom stereocenters. The lowest BCUT2D eigenvalue weighted by molar-refractivity contribution is -0.266. The van der Waals surface area contributed by atoms with Crippen LogP contribution in [-0.2, 0) is 10.4 Å². The van der Waals surface area contributed by atoms with Crippen LogP contribution in [0.2, 0.25) is 0 Å². The maximum atomic E-state index is 13.2. The van der Waals surface area contributed by atoms with E-state index in [4.69, 9.17) is 0 Å². The Kier molecular flexibility index (Phi) is 4.83. The Labute approximate surface area is 129 Å². The molecule has 1 heterocycles. The van der Waals surface area contributed by atoms with E-state index in [1.807, 2.05) is 0 Å². The minimum Gasteiger partial charge on any atom is -0.376 e. The molecule has 6 heteroatoms. The molecular formula is C16H13F3O2S. The van der Waals surface area contributed by atoms with Crippen LogP contribution >= 0.6 is 11.3 Å². The van der Waals surface area contributed by atoms with Crippen LogP contribution in [0.15, 0.2) is 53.9 Å². The molecule has 0 radical (unpaired) electrons. The monoisotopic (exact) mass is 326 g/mol. The summed E-state index contributed by atoms with van der Waals surface area (Å²) < 4.78 is 39.7. The molecule has 0 aliphatic carbocycles. The molecule has 0 aliphatic rings. The fourth-order valence-electron chi connectivity index (χ4n) is 1.95. The van der Waals surface area contributed by atoms with Crippen LogP contribution < -0.4 is 0 Å². The largest absolute Gasteiger partial charge is 0.421 e. The van der Waals surface area contributed by atoms with E-state index in [0.29, 0.717) is 0 Å². The topological polar surface area (TPSA) is 37.3 Å². The van der Waals surface area contributed by atoms with Crippen molar-refractivity contribution < 1.29 is 23.1 Å². The molecule has 116 valence electrons. The summed E-state index contributed by atoms with van der Waals surface area (Å²) >= 11 is 1.36. The number of rotatable bonds is 5. The first kappa shape index (κ1) is 16.5. The van der Waals surface area contributed by atoms with E-state index in [9.17, 15) is 23.1 Å². The van der Waals surface area contributed by atoms with E-state index in [-0.39, 0.29) is 5.56 Å². The molecule has 2 aromatic rings. The summed E-state index contributed by atoms with van der Waals surface area (Å²) in [6.07, 6.45) is -3.50. The van der Waals surface area contributed by atoms with Gasteiger partial charge in [-0.05, 0) is 29.2 Å². The summed E-state index contributed by atoms with van der Waals surface area (Å²) in [4.78, 5) is 12.6. The Balaban J connectivity index is 2.23. The van der Waals surface area contributed by atoms with E-state index >= 15 is 0 Å². The van der Waals surface area contributed by atoms with Crippen molar-refractivity contribution in [2.45, 2.75) is 18.2 Å². The molecule has 0 saturated carbocycles. The fraction of sp³-hybridized carbons (Fsp3) is 0.188. The van der Waals surface area contributed by atoms with Crippen molar-refractivity contribution >= 4 is 23.2 Å². The third-order valence-corrected chi connectivity index (χ3v) is 3.96. The van der Waals surface area contributed by atoms with Crippen molar-refractivity contribution in [3.63, 3.8) is 0 Å². The lowest BCUT2D eigenvalue weighted by atomic mass is 9.88. The highest BCUT2D eigenvalue weighted by molar-refractivity contribution is 7.10. The number of allylic oxidation sites excluding steroid dienone is 1. The molecule has 2 nitrogen and oxygen atoms in total. The van der Waals surface area contributed by atoms with Gasteiger partial charge in [0.1, 0.15) is 0 Å². The van der Waals surface area contributed by atoms with Gasteiger partial charge in [-0.1, -0.05) is 36.4 Å². The Morgan fingerprint density at radius 2 is 1.82 bits per heavy atom. The molecule has 22 heavy (non-hydrogen) atoms. The SMILES string of the molecule is O=C(/C=C/c1cccs1)C[C@@](O)(c1ccccc1)C(F)(F)F. The normalized spacial score (nSPS) is 14.9. The highest BCUT2D eigenvalue weighted by atomic mass is 32.1. The van der Waals surface area contributed by atoms with Gasteiger partial charge in [0.15, 0.2) is 11.4 Å². The molecule has 1 aromatic carbocycles. The number of aliphatic hydroxyl groups is 1. The maximum Gasteiger partial charge on any atom is 0.421 e. The van der Waals surface area contributed by atoms with Crippen LogP contribution in [0.25, 0.3) is 6.08 Å². The number of hydrogen-bond donors (Lipinski definition) is 1. The van der Waals surface area contributed by atoms with Crippen LogP contribution in [0, 0.1) is 0 Å². The van der Waals surface area contributed by atoms with Crippen molar-refractivity contribution in [1.29, 1.82) is 0 Å². The van der Waals surface area contributed by atoms with Gasteiger partial charge in [0.2, 0.25) is 0 Å². The van der Waals surface area contributed by atoms with E-state index in [2.05, 4.69) is 0 Å². The average molecular weight is 326 g/mol. The predicted molar refractivity (Wildman–Crippen MR) is 79.4 cm³/mol. The Morgan fingerprint density at radius 3 is 2.36 bits per heavy atom. The van der Waals surface area contributed by atoms with Gasteiger partial charge in [0.05, 0.1) is 6.42 Å². The number of hydrogen-bond acceptors (Lipinski definition) is 3. The summed E-state index contributed by atoms with van der Waals surface area (Å²) in [7, 11) is 0. The van der Waals surface area contributed by atoms with Gasteiger partial charge in [-0.3, -0.25) is 4.79 Å². The lowest BCUT2D eigenvalue weighted by Gasteiger charge is -2.30. The molecule has 1 N–H and O–H groups in total. The van der Waals surface area contributed by atoms with Crippen molar-refractivity contribution in [3.05, 3.63) is 64.4 Å². The first-order chi connectivity index (χ1) is 10.3. The molecule has 0 fully saturated rings. The number of halogens is 3. The number of carbonyl (C=O) groups is 1. The molecular weight excluding hydrogens is 313 g/mol. The average Bonchev–Trinajstić information content (AvgIpc) is 2.98. The quantitative estimate of drug-likeness (QED) is 0.837. The van der Waals surface area contributed by atoms with Gasteiger partial charge in [-0.2, -0.15) is 13.2 Å². The van der Waals surface area contributed by atoms with Gasteiger partial charge < -0.3 is 5.11 Å². The van der Waals surface area contributed by atoms with Crippen LogP contribution in [0.3, 0.4) is 0 Å². The summed E-state index contributed by atoms with van der Waals surface area (Å²) in [5.41, 5.74) is -3.54. The van der Waals surface area contributed by atoms with E-state index in [1.54, 1.807) is 23.6 Å². The van der Waals surface area contributed by atoms with E-state index in [0.717, 1.165) is 23.1 Å². The summed E-state index contributed by atoms with van der Waals surface area (Å²) in [6, 6.07) is 10.1. The van der Waals surface area contributed by atoms with Gasteiger partial charge in [0, 0.05) is 4.88 Å². The van der Waals surface area contributed by atoms with Crippen LogP contribution in [-0.4, -0.2) is 17.1 Å². The minimum absolute atomic E-state index is 0.347. The van der Waals surface area contributed by atoms with E-state index < -0.39 is 24.0 Å². The molecule has 0 amide bonds. The second kappa shape index (κ2) is 6.46. The number of thiophene rings is 1. The third kappa shape index (κ3) is 3.64. The highest BCUT2D eigenvalue weighted by Crippen LogP contribution is 2.41. The number of carbonyl (C=O) groups excluding carboxylic acids is 1. The smallest absolute Gasteiger partial charge is 0.376 e. The fourth-order valence-corrected chi connectivity index (χ4v) is 2.57. The van der Waals surface area contributed by atoms with Gasteiger partial charge in [-0.25, -0.2) is 0 Å². The zero-order chi connectivity index (χ0) is 16.2. The zero-order valence-corrected chi connectivity index (χ0v) is 12.2. The highest BCUT2D eigenvalue weighted by Gasteiger charge is 2.55. The minimum atomic E-state index is -4.94. The summed E-state index contributed by atoms with van der Waals surface area (Å²) in [6.45, 7) is 0. The van der Waals surface area contributed by atoms with E-state index in [1.165, 1.54) is 29.5 Å². The number of ketones is 1. The standard InChI is InChI=1S/C16H13F3O2S/c17-16(18,19)15(21,12-5-2-1-3-6-12)11-13(20)8-9-14-7-4-10-22-14/h1-10,21H,11H2/b9-8+/t15-/m1/s1. The van der Waals surface area contributed by atoms with Gasteiger partial charge in [-0.15, -0.1) is 11.3 Å². The molecule has 0 spiro atoms. The summed E-state index contributed by atoms with van der Waals surface area (Å²) in [5, 5.41) is 11.9. The van der Waals surface area contributed by atoms with Crippen molar-refractivity contribution in [3.8, 4) is 0 Å². The number of alkyl halides is 3. The molecule has 0 bridgehead atoms. The Morgan fingerprint density at radius 1 is 1.14 bits per heavy atom. The third-order valence-electron chi connectivity index (χ3n) is 3.13. The second-order valence-corrected chi connectivity index (χ2v) is 5.70.